The third-order valence-electron chi connectivity index (χ3n) is 3.26. The maximum atomic E-state index is 12.4. The Hall–Kier alpha value is -2.89. The summed E-state index contributed by atoms with van der Waals surface area (Å²) in [6.45, 7) is 5.70. The molecule has 0 aliphatic rings. The summed E-state index contributed by atoms with van der Waals surface area (Å²) in [5.74, 6) is -0.340. The molecule has 3 rings (SSSR count). The van der Waals surface area contributed by atoms with E-state index >= 15 is 0 Å². The summed E-state index contributed by atoms with van der Waals surface area (Å²) in [6, 6.07) is 11.0. The first-order valence-electron chi connectivity index (χ1n) is 7.31. The lowest BCUT2D eigenvalue weighted by Gasteiger charge is -2.19. The van der Waals surface area contributed by atoms with Gasteiger partial charge in [0.25, 0.3) is 5.91 Å². The van der Waals surface area contributed by atoms with Crippen molar-refractivity contribution in [3.8, 4) is 17.1 Å². The van der Waals surface area contributed by atoms with Gasteiger partial charge in [-0.2, -0.15) is 9.61 Å². The van der Waals surface area contributed by atoms with Crippen LogP contribution in [-0.2, 0) is 0 Å². The van der Waals surface area contributed by atoms with Crippen molar-refractivity contribution in [2.75, 3.05) is 0 Å². The van der Waals surface area contributed by atoms with Crippen LogP contribution >= 0.6 is 0 Å². The lowest BCUT2D eigenvalue weighted by atomic mass is 10.1. The molecule has 118 valence electrons. The summed E-state index contributed by atoms with van der Waals surface area (Å²) in [4.78, 5) is 16.9. The van der Waals surface area contributed by atoms with Crippen LogP contribution in [0, 0.1) is 0 Å². The molecule has 23 heavy (non-hydrogen) atoms. The van der Waals surface area contributed by atoms with Crippen LogP contribution in [0.5, 0.6) is 5.88 Å². The van der Waals surface area contributed by atoms with Gasteiger partial charge < -0.3 is 10.4 Å². The van der Waals surface area contributed by atoms with E-state index in [-0.39, 0.29) is 17.3 Å². The molecule has 6 heteroatoms. The Bertz CT molecular complexity index is 863. The second kappa shape index (κ2) is 5.39. The van der Waals surface area contributed by atoms with Crippen molar-refractivity contribution in [2.24, 2.45) is 0 Å². The molecule has 0 saturated carbocycles. The van der Waals surface area contributed by atoms with Gasteiger partial charge in [-0.1, -0.05) is 30.3 Å². The minimum Gasteiger partial charge on any atom is -0.493 e. The topological polar surface area (TPSA) is 79.5 Å². The molecule has 2 N–H and O–H groups in total. The Kier molecular flexibility index (Phi) is 3.52. The van der Waals surface area contributed by atoms with E-state index in [1.54, 1.807) is 0 Å². The largest absolute Gasteiger partial charge is 0.493 e. The number of carbonyl (C=O) groups is 1. The van der Waals surface area contributed by atoms with Crippen LogP contribution in [0.1, 0.15) is 31.1 Å². The molecule has 0 aliphatic carbocycles. The molecule has 1 aromatic carbocycles. The van der Waals surface area contributed by atoms with E-state index < -0.39 is 0 Å². The van der Waals surface area contributed by atoms with Crippen molar-refractivity contribution in [2.45, 2.75) is 26.3 Å². The third-order valence-corrected chi connectivity index (χ3v) is 3.26. The van der Waals surface area contributed by atoms with Gasteiger partial charge in [0.2, 0.25) is 5.88 Å². The Morgan fingerprint density at radius 1 is 1.22 bits per heavy atom. The van der Waals surface area contributed by atoms with Gasteiger partial charge in [-0.05, 0) is 20.8 Å². The monoisotopic (exact) mass is 310 g/mol. The summed E-state index contributed by atoms with van der Waals surface area (Å²) < 4.78 is 1.25. The molecular formula is C17H18N4O2. The van der Waals surface area contributed by atoms with Crippen LogP contribution in [0.15, 0.2) is 42.6 Å². The van der Waals surface area contributed by atoms with Gasteiger partial charge in [0.15, 0.2) is 5.65 Å². The van der Waals surface area contributed by atoms with Crippen molar-refractivity contribution in [1.82, 2.24) is 19.9 Å². The first kappa shape index (κ1) is 15.0. The fourth-order valence-corrected chi connectivity index (χ4v) is 2.27. The second-order valence-electron chi connectivity index (χ2n) is 6.36. The minimum atomic E-state index is -0.371. The Balaban J connectivity index is 2.12. The standard InChI is InChI=1S/C17H18N4O2/c1-17(2,3)20-16(23)12-10-18-21-14(22)9-13(19-15(12)21)11-7-5-4-6-8-11/h4-10,22H,1-3H3,(H,20,23). The molecule has 0 radical (unpaired) electrons. The van der Waals surface area contributed by atoms with E-state index in [0.717, 1.165) is 5.56 Å². The van der Waals surface area contributed by atoms with Crippen molar-refractivity contribution in [1.29, 1.82) is 0 Å². The molecule has 0 saturated heterocycles. The molecule has 0 spiro atoms. The molecule has 1 amide bonds. The van der Waals surface area contributed by atoms with Crippen LogP contribution in [0.25, 0.3) is 16.9 Å². The smallest absolute Gasteiger partial charge is 0.257 e. The lowest BCUT2D eigenvalue weighted by molar-refractivity contribution is 0.0921. The number of benzene rings is 1. The van der Waals surface area contributed by atoms with Gasteiger partial charge in [-0.15, -0.1) is 0 Å². The van der Waals surface area contributed by atoms with Crippen molar-refractivity contribution in [3.05, 3.63) is 48.2 Å². The van der Waals surface area contributed by atoms with Crippen LogP contribution in [0.4, 0.5) is 0 Å². The molecule has 0 atom stereocenters. The first-order chi connectivity index (χ1) is 10.8. The highest BCUT2D eigenvalue weighted by Gasteiger charge is 2.21. The van der Waals surface area contributed by atoms with E-state index in [4.69, 9.17) is 0 Å². The van der Waals surface area contributed by atoms with Gasteiger partial charge in [-0.3, -0.25) is 4.79 Å². The average Bonchev–Trinajstić information content (AvgIpc) is 2.91. The highest BCUT2D eigenvalue weighted by atomic mass is 16.3. The highest BCUT2D eigenvalue weighted by molar-refractivity contribution is 6.00. The van der Waals surface area contributed by atoms with Gasteiger partial charge in [0, 0.05) is 17.2 Å². The minimum absolute atomic E-state index is 0.0661. The van der Waals surface area contributed by atoms with Crippen LogP contribution < -0.4 is 5.32 Å². The lowest BCUT2D eigenvalue weighted by Crippen LogP contribution is -2.40. The predicted molar refractivity (Wildman–Crippen MR) is 87.3 cm³/mol. The first-order valence-corrected chi connectivity index (χ1v) is 7.31. The molecule has 2 heterocycles. The number of nitrogens with zero attached hydrogens (tertiary/aromatic N) is 3. The van der Waals surface area contributed by atoms with E-state index in [9.17, 15) is 9.90 Å². The number of nitrogens with one attached hydrogen (secondary N) is 1. The zero-order valence-corrected chi connectivity index (χ0v) is 13.2. The summed E-state index contributed by atoms with van der Waals surface area (Å²) in [5, 5.41) is 17.1. The Morgan fingerprint density at radius 2 is 1.91 bits per heavy atom. The van der Waals surface area contributed by atoms with Crippen molar-refractivity contribution >= 4 is 11.6 Å². The number of carbonyl (C=O) groups excluding carboxylic acids is 1. The normalized spacial score (nSPS) is 11.6. The Labute approximate surface area is 133 Å². The number of hydrogen-bond donors (Lipinski definition) is 2. The number of hydrogen-bond acceptors (Lipinski definition) is 4. The predicted octanol–water partition coefficient (Wildman–Crippen LogP) is 2.63. The molecular weight excluding hydrogens is 292 g/mol. The van der Waals surface area contributed by atoms with Crippen LogP contribution in [0.2, 0.25) is 0 Å². The van der Waals surface area contributed by atoms with E-state index in [1.165, 1.54) is 16.8 Å². The summed E-state index contributed by atoms with van der Waals surface area (Å²) >= 11 is 0. The van der Waals surface area contributed by atoms with Crippen LogP contribution in [-0.4, -0.2) is 31.2 Å². The number of amides is 1. The molecule has 2 aromatic heterocycles. The molecule has 0 fully saturated rings. The fraction of sp³-hybridized carbons (Fsp3) is 0.235. The average molecular weight is 310 g/mol. The molecule has 6 nitrogen and oxygen atoms in total. The van der Waals surface area contributed by atoms with Gasteiger partial charge in [0.1, 0.15) is 5.56 Å². The van der Waals surface area contributed by atoms with Gasteiger partial charge in [-0.25, -0.2) is 4.98 Å². The maximum Gasteiger partial charge on any atom is 0.257 e. The number of aromatic hydroxyl groups is 1. The fourth-order valence-electron chi connectivity index (χ4n) is 2.27. The van der Waals surface area contributed by atoms with E-state index in [1.807, 2.05) is 51.1 Å². The molecule has 3 aromatic rings. The zero-order valence-electron chi connectivity index (χ0n) is 13.2. The van der Waals surface area contributed by atoms with E-state index in [2.05, 4.69) is 15.4 Å². The number of rotatable bonds is 2. The van der Waals surface area contributed by atoms with E-state index in [0.29, 0.717) is 16.9 Å². The van der Waals surface area contributed by atoms with Crippen LogP contribution in [0.3, 0.4) is 0 Å². The van der Waals surface area contributed by atoms with Gasteiger partial charge >= 0.3 is 0 Å². The molecule has 0 unspecified atom stereocenters. The Morgan fingerprint density at radius 3 is 2.57 bits per heavy atom. The summed E-state index contributed by atoms with van der Waals surface area (Å²) in [5.41, 5.74) is 1.72. The SMILES string of the molecule is CC(C)(C)NC(=O)c1cnn2c(O)cc(-c3ccccc3)nc12. The second-order valence-corrected chi connectivity index (χ2v) is 6.36. The summed E-state index contributed by atoms with van der Waals surface area (Å²) in [7, 11) is 0. The number of fused-ring (bicyclic) bond motifs is 1. The van der Waals surface area contributed by atoms with Crippen molar-refractivity contribution in [3.63, 3.8) is 0 Å². The zero-order chi connectivity index (χ0) is 16.6. The quantitative estimate of drug-likeness (QED) is 0.762. The number of aromatic nitrogens is 3. The van der Waals surface area contributed by atoms with Crippen molar-refractivity contribution < 1.29 is 9.90 Å². The van der Waals surface area contributed by atoms with Gasteiger partial charge in [0.05, 0.1) is 11.9 Å². The summed E-state index contributed by atoms with van der Waals surface area (Å²) in [6.07, 6.45) is 1.41. The maximum absolute atomic E-state index is 12.4. The molecule has 0 bridgehead atoms. The molecule has 0 aliphatic heterocycles. The third kappa shape index (κ3) is 3.01. The highest BCUT2D eigenvalue weighted by Crippen LogP contribution is 2.24.